The van der Waals surface area contributed by atoms with Gasteiger partial charge in [0.25, 0.3) is 0 Å². The number of rotatable bonds is 3. The van der Waals surface area contributed by atoms with Crippen LogP contribution in [-0.4, -0.2) is 44.6 Å². The van der Waals surface area contributed by atoms with Crippen LogP contribution in [0.2, 0.25) is 0 Å². The molecule has 7 heteroatoms. The molecule has 1 aromatic carbocycles. The van der Waals surface area contributed by atoms with Crippen LogP contribution < -0.4 is 10.1 Å². The van der Waals surface area contributed by atoms with E-state index in [1.165, 1.54) is 0 Å². The molecule has 2 aromatic heterocycles. The Hall–Kier alpha value is -2.92. The fourth-order valence-electron chi connectivity index (χ4n) is 4.72. The van der Waals surface area contributed by atoms with Crippen LogP contribution >= 0.6 is 0 Å². The molecule has 0 spiro atoms. The van der Waals surface area contributed by atoms with Crippen molar-refractivity contribution in [3.63, 3.8) is 0 Å². The highest BCUT2D eigenvalue weighted by Gasteiger charge is 2.44. The second kappa shape index (κ2) is 7.40. The number of aryl methyl sites for hydroxylation is 1. The summed E-state index contributed by atoms with van der Waals surface area (Å²) in [5.41, 5.74) is 4.58. The molecule has 1 fully saturated rings. The molecule has 7 nitrogen and oxygen atoms in total. The van der Waals surface area contributed by atoms with Gasteiger partial charge in [0.15, 0.2) is 0 Å². The minimum absolute atomic E-state index is 0.343. The van der Waals surface area contributed by atoms with Gasteiger partial charge in [0, 0.05) is 36.3 Å². The van der Waals surface area contributed by atoms with E-state index < -0.39 is 18.3 Å². The summed E-state index contributed by atoms with van der Waals surface area (Å²) in [4.78, 5) is 4.48. The standard InChI is InChI=1S/C23H24N4O3/c1-13-2-6-26-23-16(13)4-7-27(23)18-10-20(22(29)21(18)28)30-19-9-14(11-24)8-15-3-5-25-12-17(15)19/h2,4,6-9,18,20-22,25,28-29H,3,5,10,12H2,1H3/t18?,20?,21-,22+/m0/s1. The zero-order valence-electron chi connectivity index (χ0n) is 16.7. The Kier molecular flexibility index (Phi) is 4.70. The zero-order valence-corrected chi connectivity index (χ0v) is 16.7. The van der Waals surface area contributed by atoms with Gasteiger partial charge in [-0.2, -0.15) is 5.26 Å². The Morgan fingerprint density at radius 3 is 2.97 bits per heavy atom. The Labute approximate surface area is 174 Å². The van der Waals surface area contributed by atoms with Gasteiger partial charge in [-0.3, -0.25) is 0 Å². The molecule has 2 aliphatic rings. The number of hydrogen-bond donors (Lipinski definition) is 3. The summed E-state index contributed by atoms with van der Waals surface area (Å²) in [5, 5.41) is 35.3. The number of fused-ring (bicyclic) bond motifs is 2. The number of nitriles is 1. The van der Waals surface area contributed by atoms with Crippen molar-refractivity contribution < 1.29 is 14.9 Å². The van der Waals surface area contributed by atoms with Gasteiger partial charge in [0.1, 0.15) is 29.7 Å². The minimum atomic E-state index is -1.03. The first-order chi connectivity index (χ1) is 14.6. The molecule has 3 aromatic rings. The lowest BCUT2D eigenvalue weighted by atomic mass is 9.97. The molecule has 2 unspecified atom stereocenters. The SMILES string of the molecule is Cc1ccnc2c1ccn2C1CC(Oc2cc(C#N)cc3c2CNCC3)[C@@H](O)[C@H]1O. The van der Waals surface area contributed by atoms with Gasteiger partial charge in [0.05, 0.1) is 17.7 Å². The van der Waals surface area contributed by atoms with Crippen molar-refractivity contribution >= 4 is 11.0 Å². The summed E-state index contributed by atoms with van der Waals surface area (Å²) in [6.45, 7) is 3.55. The number of aliphatic hydroxyl groups is 2. The quantitative estimate of drug-likeness (QED) is 0.617. The number of nitrogens with zero attached hydrogens (tertiary/aromatic N) is 3. The van der Waals surface area contributed by atoms with Crippen molar-refractivity contribution in [3.8, 4) is 11.8 Å². The molecule has 5 rings (SSSR count). The number of benzene rings is 1. The van der Waals surface area contributed by atoms with Gasteiger partial charge in [-0.05, 0) is 55.3 Å². The molecular weight excluding hydrogens is 380 g/mol. The van der Waals surface area contributed by atoms with Crippen LogP contribution in [0.3, 0.4) is 0 Å². The van der Waals surface area contributed by atoms with Crippen molar-refractivity contribution in [1.82, 2.24) is 14.9 Å². The highest BCUT2D eigenvalue weighted by atomic mass is 16.5. The maximum atomic E-state index is 10.8. The molecule has 0 bridgehead atoms. The molecule has 3 heterocycles. The Morgan fingerprint density at radius 1 is 1.27 bits per heavy atom. The first kappa shape index (κ1) is 19.1. The molecule has 154 valence electrons. The van der Waals surface area contributed by atoms with E-state index in [1.54, 1.807) is 12.3 Å². The summed E-state index contributed by atoms with van der Waals surface area (Å²) in [5.74, 6) is 0.611. The van der Waals surface area contributed by atoms with Crippen LogP contribution in [0.4, 0.5) is 0 Å². The number of hydrogen-bond acceptors (Lipinski definition) is 6. The number of aliphatic hydroxyl groups excluding tert-OH is 2. The Bertz CT molecular complexity index is 1150. The average Bonchev–Trinajstić information content (AvgIpc) is 3.31. The summed E-state index contributed by atoms with van der Waals surface area (Å²) in [6, 6.07) is 9.44. The normalized spacial score (nSPS) is 25.8. The summed E-state index contributed by atoms with van der Waals surface area (Å²) in [7, 11) is 0. The van der Waals surface area contributed by atoms with Crippen LogP contribution in [0.5, 0.6) is 5.75 Å². The lowest BCUT2D eigenvalue weighted by Gasteiger charge is -2.24. The van der Waals surface area contributed by atoms with Crippen molar-refractivity contribution in [1.29, 1.82) is 5.26 Å². The van der Waals surface area contributed by atoms with E-state index in [9.17, 15) is 15.5 Å². The third-order valence-corrected chi connectivity index (χ3v) is 6.37. The second-order valence-electron chi connectivity index (χ2n) is 8.18. The van der Waals surface area contributed by atoms with E-state index in [4.69, 9.17) is 4.74 Å². The molecule has 0 radical (unpaired) electrons. The van der Waals surface area contributed by atoms with Crippen molar-refractivity contribution in [3.05, 3.63) is 58.9 Å². The monoisotopic (exact) mass is 404 g/mol. The second-order valence-corrected chi connectivity index (χ2v) is 8.18. The van der Waals surface area contributed by atoms with Crippen molar-refractivity contribution in [2.24, 2.45) is 0 Å². The maximum Gasteiger partial charge on any atom is 0.140 e. The van der Waals surface area contributed by atoms with Gasteiger partial charge in [-0.1, -0.05) is 0 Å². The fourth-order valence-corrected chi connectivity index (χ4v) is 4.72. The molecular formula is C23H24N4O3. The molecule has 4 atom stereocenters. The summed E-state index contributed by atoms with van der Waals surface area (Å²) in [6.07, 6.45) is 2.37. The number of pyridine rings is 1. The number of ether oxygens (including phenoxy) is 1. The highest BCUT2D eigenvalue weighted by molar-refractivity contribution is 5.79. The van der Waals surface area contributed by atoms with Crippen LogP contribution in [0.1, 0.15) is 34.7 Å². The lowest BCUT2D eigenvalue weighted by molar-refractivity contribution is -0.0166. The van der Waals surface area contributed by atoms with E-state index in [1.807, 2.05) is 35.9 Å². The smallest absolute Gasteiger partial charge is 0.140 e. The fraction of sp³-hybridized carbons (Fsp3) is 0.391. The Balaban J connectivity index is 1.46. The molecule has 1 aliphatic heterocycles. The summed E-state index contributed by atoms with van der Waals surface area (Å²) < 4.78 is 8.16. The zero-order chi connectivity index (χ0) is 20.8. The average molecular weight is 404 g/mol. The molecule has 1 aliphatic carbocycles. The Morgan fingerprint density at radius 2 is 2.13 bits per heavy atom. The third kappa shape index (κ3) is 3.05. The molecule has 3 N–H and O–H groups in total. The maximum absolute atomic E-state index is 10.8. The lowest BCUT2D eigenvalue weighted by Crippen LogP contribution is -2.35. The van der Waals surface area contributed by atoms with Crippen LogP contribution in [0.25, 0.3) is 11.0 Å². The highest BCUT2D eigenvalue weighted by Crippen LogP contribution is 2.37. The van der Waals surface area contributed by atoms with Crippen molar-refractivity contribution in [2.45, 2.75) is 50.7 Å². The predicted molar refractivity (Wildman–Crippen MR) is 111 cm³/mol. The topological polar surface area (TPSA) is 103 Å². The first-order valence-corrected chi connectivity index (χ1v) is 10.3. The number of nitrogens with one attached hydrogen (secondary N) is 1. The molecule has 0 saturated heterocycles. The molecule has 0 amide bonds. The van der Waals surface area contributed by atoms with Crippen LogP contribution in [-0.2, 0) is 13.0 Å². The van der Waals surface area contributed by atoms with E-state index >= 15 is 0 Å². The van der Waals surface area contributed by atoms with E-state index in [2.05, 4.69) is 16.4 Å². The molecule has 30 heavy (non-hydrogen) atoms. The van der Waals surface area contributed by atoms with Gasteiger partial charge in [-0.15, -0.1) is 0 Å². The summed E-state index contributed by atoms with van der Waals surface area (Å²) >= 11 is 0. The van der Waals surface area contributed by atoms with E-state index in [0.29, 0.717) is 24.3 Å². The van der Waals surface area contributed by atoms with Crippen LogP contribution in [0, 0.1) is 18.3 Å². The largest absolute Gasteiger partial charge is 0.487 e. The number of aromatic nitrogens is 2. The van der Waals surface area contributed by atoms with Crippen LogP contribution in [0.15, 0.2) is 36.7 Å². The van der Waals surface area contributed by atoms with E-state index in [0.717, 1.165) is 40.7 Å². The van der Waals surface area contributed by atoms with E-state index in [-0.39, 0.29) is 6.04 Å². The molecule has 1 saturated carbocycles. The minimum Gasteiger partial charge on any atom is -0.487 e. The third-order valence-electron chi connectivity index (χ3n) is 6.37. The van der Waals surface area contributed by atoms with Gasteiger partial charge in [-0.25, -0.2) is 4.98 Å². The van der Waals surface area contributed by atoms with Gasteiger partial charge < -0.3 is 24.8 Å². The first-order valence-electron chi connectivity index (χ1n) is 10.3. The predicted octanol–water partition coefficient (Wildman–Crippen LogP) is 1.98. The van der Waals surface area contributed by atoms with Gasteiger partial charge in [0.2, 0.25) is 0 Å². The van der Waals surface area contributed by atoms with Gasteiger partial charge >= 0.3 is 0 Å². The van der Waals surface area contributed by atoms with Crippen molar-refractivity contribution in [2.75, 3.05) is 6.54 Å².